The summed E-state index contributed by atoms with van der Waals surface area (Å²) in [7, 11) is -3.35. The van der Waals surface area contributed by atoms with Crippen molar-refractivity contribution in [2.45, 2.75) is 18.9 Å². The molecule has 0 bridgehead atoms. The van der Waals surface area contributed by atoms with E-state index in [2.05, 4.69) is 10.0 Å². The summed E-state index contributed by atoms with van der Waals surface area (Å²) in [6.45, 7) is 2.17. The van der Waals surface area contributed by atoms with Crippen molar-refractivity contribution in [3.8, 4) is 0 Å². The third-order valence-corrected chi connectivity index (χ3v) is 5.58. The molecule has 11 heteroatoms. The van der Waals surface area contributed by atoms with Crippen molar-refractivity contribution in [2.75, 3.05) is 37.2 Å². The second-order valence-corrected chi connectivity index (χ2v) is 9.30. The zero-order valence-electron chi connectivity index (χ0n) is 17.5. The van der Waals surface area contributed by atoms with Crippen molar-refractivity contribution >= 4 is 46.3 Å². The maximum Gasteiger partial charge on any atom is 0.229 e. The number of rotatable bonds is 8. The Kier molecular flexibility index (Phi) is 11.0. The van der Waals surface area contributed by atoms with Gasteiger partial charge in [-0.3, -0.25) is 14.4 Å². The number of carbonyl (C=O) groups is 1. The fourth-order valence-electron chi connectivity index (χ4n) is 3.58. The largest absolute Gasteiger partial charge is 0.314 e. The lowest BCUT2D eigenvalue weighted by Crippen LogP contribution is -2.53. The van der Waals surface area contributed by atoms with E-state index in [4.69, 9.17) is 0 Å². The third-order valence-electron chi connectivity index (χ3n) is 4.97. The van der Waals surface area contributed by atoms with E-state index in [-0.39, 0.29) is 49.6 Å². The van der Waals surface area contributed by atoms with Crippen LogP contribution >= 0.6 is 24.8 Å². The molecule has 1 atom stereocenters. The zero-order chi connectivity index (χ0) is 21.7. The van der Waals surface area contributed by atoms with E-state index in [9.17, 15) is 22.0 Å². The van der Waals surface area contributed by atoms with Crippen molar-refractivity contribution in [3.63, 3.8) is 0 Å². The van der Waals surface area contributed by atoms with Crippen LogP contribution in [0.15, 0.2) is 42.5 Å². The van der Waals surface area contributed by atoms with E-state index in [1.807, 2.05) is 4.90 Å². The lowest BCUT2D eigenvalue weighted by molar-refractivity contribution is -0.120. The van der Waals surface area contributed by atoms with E-state index in [1.165, 1.54) is 6.07 Å². The number of piperazine rings is 1. The zero-order valence-corrected chi connectivity index (χ0v) is 20.0. The molecule has 1 heterocycles. The SMILES string of the molecule is CS(=O)(=O)Nc1ccc(CC(=O)CN2CCNCC2Cc2cc(F)ccc2F)cc1.Cl.Cl. The number of Topliss-reactive ketones (excluding diaryl/α,β-unsaturated/α-hetero) is 1. The monoisotopic (exact) mass is 509 g/mol. The molecule has 2 aromatic carbocycles. The van der Waals surface area contributed by atoms with Gasteiger partial charge in [-0.2, -0.15) is 0 Å². The Balaban J connectivity index is 0.00000256. The maximum absolute atomic E-state index is 14.0. The van der Waals surface area contributed by atoms with Crippen LogP contribution in [0.4, 0.5) is 14.5 Å². The van der Waals surface area contributed by atoms with Gasteiger partial charge in [0.25, 0.3) is 0 Å². The second-order valence-electron chi connectivity index (χ2n) is 7.55. The molecule has 2 N–H and O–H groups in total. The van der Waals surface area contributed by atoms with Crippen molar-refractivity contribution in [1.82, 2.24) is 10.2 Å². The molecule has 0 saturated carbocycles. The highest BCUT2D eigenvalue weighted by Crippen LogP contribution is 2.17. The van der Waals surface area contributed by atoms with E-state index in [1.54, 1.807) is 24.3 Å². The van der Waals surface area contributed by atoms with Gasteiger partial charge in [-0.1, -0.05) is 12.1 Å². The first-order chi connectivity index (χ1) is 14.2. The maximum atomic E-state index is 14.0. The normalized spacial score (nSPS) is 16.5. The molecule has 1 unspecified atom stereocenters. The van der Waals surface area contributed by atoms with E-state index in [0.29, 0.717) is 30.8 Å². The van der Waals surface area contributed by atoms with Crippen LogP contribution in [0.1, 0.15) is 11.1 Å². The Hall–Kier alpha value is -1.78. The molecule has 1 fully saturated rings. The van der Waals surface area contributed by atoms with Gasteiger partial charge in [0.15, 0.2) is 5.78 Å². The molecule has 3 rings (SSSR count). The van der Waals surface area contributed by atoms with Gasteiger partial charge in [-0.25, -0.2) is 17.2 Å². The molecular formula is C21H27Cl2F2N3O3S. The summed E-state index contributed by atoms with van der Waals surface area (Å²) in [5.41, 5.74) is 1.52. The average molecular weight is 510 g/mol. The lowest BCUT2D eigenvalue weighted by atomic mass is 10.0. The first kappa shape index (κ1) is 28.3. The van der Waals surface area contributed by atoms with Crippen LogP contribution < -0.4 is 10.0 Å². The van der Waals surface area contributed by atoms with Crippen LogP contribution in [0.25, 0.3) is 0 Å². The van der Waals surface area contributed by atoms with E-state index >= 15 is 0 Å². The minimum Gasteiger partial charge on any atom is -0.314 e. The quantitative estimate of drug-likeness (QED) is 0.571. The topological polar surface area (TPSA) is 78.5 Å². The molecule has 0 amide bonds. The molecule has 0 aliphatic carbocycles. The highest BCUT2D eigenvalue weighted by molar-refractivity contribution is 7.92. The Morgan fingerprint density at radius 1 is 1.16 bits per heavy atom. The second kappa shape index (κ2) is 12.5. The standard InChI is InChI=1S/C21H25F2N3O3S.2ClH/c1-30(28,29)25-18-5-2-15(3-6-18)10-20(27)14-26-9-8-24-13-19(26)12-16-11-17(22)4-7-21(16)23;;/h2-7,11,19,24-25H,8-10,12-14H2,1H3;2*1H. The molecule has 178 valence electrons. The predicted molar refractivity (Wildman–Crippen MR) is 126 cm³/mol. The Morgan fingerprint density at radius 2 is 1.84 bits per heavy atom. The Morgan fingerprint density at radius 3 is 2.50 bits per heavy atom. The molecule has 0 aromatic heterocycles. The van der Waals surface area contributed by atoms with E-state index in [0.717, 1.165) is 30.5 Å². The predicted octanol–water partition coefficient (Wildman–Crippen LogP) is 2.81. The number of carbonyl (C=O) groups excluding carboxylic acids is 1. The number of ketones is 1. The summed E-state index contributed by atoms with van der Waals surface area (Å²) in [6, 6.07) is 9.96. The fourth-order valence-corrected chi connectivity index (χ4v) is 4.15. The first-order valence-corrected chi connectivity index (χ1v) is 11.6. The number of hydrogen-bond donors (Lipinski definition) is 2. The molecule has 1 aliphatic heterocycles. The summed E-state index contributed by atoms with van der Waals surface area (Å²) < 4.78 is 52.4. The Labute approximate surface area is 199 Å². The van der Waals surface area contributed by atoms with Gasteiger partial charge in [0.2, 0.25) is 10.0 Å². The van der Waals surface area contributed by atoms with Gasteiger partial charge in [0, 0.05) is 37.8 Å². The molecular weight excluding hydrogens is 483 g/mol. The van der Waals surface area contributed by atoms with Gasteiger partial charge in [0.1, 0.15) is 11.6 Å². The summed E-state index contributed by atoms with van der Waals surface area (Å²) in [5.74, 6) is -0.923. The smallest absolute Gasteiger partial charge is 0.229 e. The molecule has 0 radical (unpaired) electrons. The highest BCUT2D eigenvalue weighted by atomic mass is 35.5. The fraction of sp³-hybridized carbons (Fsp3) is 0.381. The van der Waals surface area contributed by atoms with Crippen LogP contribution in [0.5, 0.6) is 0 Å². The van der Waals surface area contributed by atoms with Crippen LogP contribution in [0, 0.1) is 11.6 Å². The van der Waals surface area contributed by atoms with Gasteiger partial charge < -0.3 is 5.32 Å². The van der Waals surface area contributed by atoms with Crippen LogP contribution in [-0.4, -0.2) is 57.6 Å². The van der Waals surface area contributed by atoms with E-state index < -0.39 is 21.7 Å². The van der Waals surface area contributed by atoms with Crippen molar-refractivity contribution in [2.24, 2.45) is 0 Å². The highest BCUT2D eigenvalue weighted by Gasteiger charge is 2.25. The third kappa shape index (κ3) is 8.63. The summed E-state index contributed by atoms with van der Waals surface area (Å²) >= 11 is 0. The summed E-state index contributed by atoms with van der Waals surface area (Å²) in [5, 5.41) is 3.24. The number of halogens is 4. The average Bonchev–Trinajstić information content (AvgIpc) is 2.66. The van der Waals surface area contributed by atoms with Gasteiger partial charge in [-0.05, 0) is 47.9 Å². The molecule has 0 spiro atoms. The Bertz CT molecular complexity index is 1010. The molecule has 6 nitrogen and oxygen atoms in total. The number of nitrogens with zero attached hydrogens (tertiary/aromatic N) is 1. The first-order valence-electron chi connectivity index (χ1n) is 9.67. The summed E-state index contributed by atoms with van der Waals surface area (Å²) in [4.78, 5) is 14.6. The van der Waals surface area contributed by atoms with Crippen molar-refractivity contribution in [3.05, 3.63) is 65.2 Å². The number of sulfonamides is 1. The van der Waals surface area contributed by atoms with Gasteiger partial charge >= 0.3 is 0 Å². The minimum absolute atomic E-state index is 0. The number of anilines is 1. The summed E-state index contributed by atoms with van der Waals surface area (Å²) in [6.07, 6.45) is 1.60. The lowest BCUT2D eigenvalue weighted by Gasteiger charge is -2.36. The van der Waals surface area contributed by atoms with Crippen LogP contribution in [0.3, 0.4) is 0 Å². The molecule has 2 aromatic rings. The molecule has 1 aliphatic rings. The number of hydrogen-bond acceptors (Lipinski definition) is 5. The van der Waals surface area contributed by atoms with Crippen LogP contribution in [0.2, 0.25) is 0 Å². The van der Waals surface area contributed by atoms with Gasteiger partial charge in [-0.15, -0.1) is 24.8 Å². The number of nitrogens with one attached hydrogen (secondary N) is 2. The minimum atomic E-state index is -3.35. The van der Waals surface area contributed by atoms with Crippen molar-refractivity contribution < 1.29 is 22.0 Å². The molecule has 1 saturated heterocycles. The molecule has 32 heavy (non-hydrogen) atoms. The van der Waals surface area contributed by atoms with Crippen molar-refractivity contribution in [1.29, 1.82) is 0 Å². The van der Waals surface area contributed by atoms with Crippen LogP contribution in [-0.2, 0) is 27.7 Å². The number of benzene rings is 2. The van der Waals surface area contributed by atoms with Gasteiger partial charge in [0.05, 0.1) is 12.8 Å².